The molecule has 26 heavy (non-hydrogen) atoms. The van der Waals surface area contributed by atoms with Gasteiger partial charge in [-0.05, 0) is 0 Å². The molecule has 1 aliphatic rings. The number of aryl methyl sites for hydroxylation is 1. The number of hydrogen-bond acceptors (Lipinski definition) is 6. The van der Waals surface area contributed by atoms with Crippen molar-refractivity contribution in [3.8, 4) is 11.5 Å². The summed E-state index contributed by atoms with van der Waals surface area (Å²) in [5.41, 5.74) is 0.648. The number of amides is 1. The van der Waals surface area contributed by atoms with Gasteiger partial charge in [-0.15, -0.1) is 0 Å². The molecule has 1 aliphatic heterocycles. The Kier molecular flexibility index (Phi) is 5.75. The second kappa shape index (κ2) is 8.20. The Bertz CT molecular complexity index is 739. The quantitative estimate of drug-likeness (QED) is 0.802. The molecule has 1 aromatic carbocycles. The lowest BCUT2D eigenvalue weighted by Crippen LogP contribution is -2.49. The number of ether oxygens (including phenoxy) is 2. The molecule has 140 valence electrons. The fraction of sp³-hybridized carbons (Fsp3) is 0.444. The van der Waals surface area contributed by atoms with Gasteiger partial charge in [-0.1, -0.05) is 0 Å². The standard InChI is InChI=1S/C18H25N5O3/c1-22-6-5-20-18(22)16-11-19-4-7-23(16)12-17(24)21-13-8-14(25-2)10-15(9-13)26-3/h5-6,8-10,16,19H,4,7,11-12H2,1-3H3,(H,21,24). The van der Waals surface area contributed by atoms with E-state index in [1.807, 2.05) is 17.8 Å². The van der Waals surface area contributed by atoms with Gasteiger partial charge in [-0.25, -0.2) is 4.98 Å². The fourth-order valence-electron chi connectivity index (χ4n) is 3.15. The van der Waals surface area contributed by atoms with Gasteiger partial charge in [0.15, 0.2) is 0 Å². The molecular formula is C18H25N5O3. The largest absolute Gasteiger partial charge is 0.497 e. The summed E-state index contributed by atoms with van der Waals surface area (Å²) < 4.78 is 12.5. The molecule has 0 aliphatic carbocycles. The van der Waals surface area contributed by atoms with Crippen LogP contribution >= 0.6 is 0 Å². The minimum absolute atomic E-state index is 0.0642. The van der Waals surface area contributed by atoms with Crippen molar-refractivity contribution in [1.29, 1.82) is 0 Å². The number of carbonyl (C=O) groups is 1. The number of anilines is 1. The summed E-state index contributed by atoms with van der Waals surface area (Å²) in [5.74, 6) is 2.13. The van der Waals surface area contributed by atoms with E-state index >= 15 is 0 Å². The van der Waals surface area contributed by atoms with Crippen molar-refractivity contribution >= 4 is 11.6 Å². The number of imidazole rings is 1. The van der Waals surface area contributed by atoms with E-state index in [0.29, 0.717) is 23.7 Å². The normalized spacial score (nSPS) is 17.7. The minimum Gasteiger partial charge on any atom is -0.497 e. The lowest BCUT2D eigenvalue weighted by molar-refractivity contribution is -0.118. The van der Waals surface area contributed by atoms with Gasteiger partial charge in [0.25, 0.3) is 0 Å². The van der Waals surface area contributed by atoms with Crippen LogP contribution in [0.25, 0.3) is 0 Å². The van der Waals surface area contributed by atoms with Crippen molar-refractivity contribution < 1.29 is 14.3 Å². The first-order valence-corrected chi connectivity index (χ1v) is 8.55. The van der Waals surface area contributed by atoms with Crippen LogP contribution in [0.3, 0.4) is 0 Å². The zero-order valence-electron chi connectivity index (χ0n) is 15.4. The van der Waals surface area contributed by atoms with Crippen LogP contribution in [0.4, 0.5) is 5.69 Å². The molecule has 2 N–H and O–H groups in total. The van der Waals surface area contributed by atoms with Gasteiger partial charge in [-0.3, -0.25) is 9.69 Å². The average Bonchev–Trinajstić information content (AvgIpc) is 3.07. The maximum atomic E-state index is 12.6. The van der Waals surface area contributed by atoms with Crippen molar-refractivity contribution in [3.05, 3.63) is 36.4 Å². The van der Waals surface area contributed by atoms with Gasteiger partial charge in [-0.2, -0.15) is 0 Å². The van der Waals surface area contributed by atoms with E-state index in [0.717, 1.165) is 25.5 Å². The number of rotatable bonds is 6. The van der Waals surface area contributed by atoms with Gasteiger partial charge >= 0.3 is 0 Å². The molecule has 8 nitrogen and oxygen atoms in total. The van der Waals surface area contributed by atoms with E-state index in [1.54, 1.807) is 38.6 Å². The smallest absolute Gasteiger partial charge is 0.238 e. The fourth-order valence-corrected chi connectivity index (χ4v) is 3.15. The molecule has 0 bridgehead atoms. The van der Waals surface area contributed by atoms with E-state index in [9.17, 15) is 4.79 Å². The summed E-state index contributed by atoms with van der Waals surface area (Å²) in [6.45, 7) is 2.69. The van der Waals surface area contributed by atoms with Gasteiger partial charge < -0.3 is 24.7 Å². The maximum absolute atomic E-state index is 12.6. The van der Waals surface area contributed by atoms with Gasteiger partial charge in [0, 0.05) is 63.0 Å². The highest BCUT2D eigenvalue weighted by molar-refractivity contribution is 5.92. The Hall–Kier alpha value is -2.58. The third kappa shape index (κ3) is 4.14. The number of methoxy groups -OCH3 is 2. The lowest BCUT2D eigenvalue weighted by atomic mass is 10.1. The molecule has 0 spiro atoms. The molecule has 3 rings (SSSR count). The summed E-state index contributed by atoms with van der Waals surface area (Å²) in [6.07, 6.45) is 3.70. The minimum atomic E-state index is -0.0820. The van der Waals surface area contributed by atoms with Crippen molar-refractivity contribution in [1.82, 2.24) is 19.8 Å². The monoisotopic (exact) mass is 359 g/mol. The Labute approximate surface area is 153 Å². The molecule has 1 saturated heterocycles. The molecule has 0 radical (unpaired) electrons. The third-order valence-corrected chi connectivity index (χ3v) is 4.49. The van der Waals surface area contributed by atoms with Crippen LogP contribution in [-0.2, 0) is 11.8 Å². The third-order valence-electron chi connectivity index (χ3n) is 4.49. The second-order valence-electron chi connectivity index (χ2n) is 6.24. The lowest BCUT2D eigenvalue weighted by Gasteiger charge is -2.35. The molecule has 2 aromatic rings. The first kappa shape index (κ1) is 18.2. The molecule has 1 amide bonds. The van der Waals surface area contributed by atoms with Crippen LogP contribution < -0.4 is 20.1 Å². The van der Waals surface area contributed by atoms with E-state index in [4.69, 9.17) is 9.47 Å². The zero-order chi connectivity index (χ0) is 18.5. The first-order valence-electron chi connectivity index (χ1n) is 8.55. The summed E-state index contributed by atoms with van der Waals surface area (Å²) in [5, 5.41) is 6.30. The molecule has 1 atom stereocenters. The molecular weight excluding hydrogens is 334 g/mol. The molecule has 0 saturated carbocycles. The number of benzene rings is 1. The summed E-state index contributed by atoms with van der Waals surface area (Å²) in [6, 6.07) is 5.38. The van der Waals surface area contributed by atoms with Crippen LogP contribution in [-0.4, -0.2) is 60.8 Å². The van der Waals surface area contributed by atoms with Crippen LogP contribution in [0.2, 0.25) is 0 Å². The number of piperazine rings is 1. The second-order valence-corrected chi connectivity index (χ2v) is 6.24. The van der Waals surface area contributed by atoms with Crippen molar-refractivity contribution in [2.45, 2.75) is 6.04 Å². The van der Waals surface area contributed by atoms with Crippen molar-refractivity contribution in [2.75, 3.05) is 45.7 Å². The summed E-state index contributed by atoms with van der Waals surface area (Å²) in [7, 11) is 5.13. The SMILES string of the molecule is COc1cc(NC(=O)CN2CCNCC2c2nccn2C)cc(OC)c1. The Morgan fingerprint density at radius 3 is 2.65 bits per heavy atom. The van der Waals surface area contributed by atoms with Crippen molar-refractivity contribution in [3.63, 3.8) is 0 Å². The molecule has 1 fully saturated rings. The molecule has 1 aromatic heterocycles. The Balaban J connectivity index is 1.69. The maximum Gasteiger partial charge on any atom is 0.238 e. The van der Waals surface area contributed by atoms with Crippen molar-refractivity contribution in [2.24, 2.45) is 7.05 Å². The predicted molar refractivity (Wildman–Crippen MR) is 98.6 cm³/mol. The highest BCUT2D eigenvalue weighted by atomic mass is 16.5. The van der Waals surface area contributed by atoms with E-state index < -0.39 is 0 Å². The average molecular weight is 359 g/mol. The topological polar surface area (TPSA) is 80.7 Å². The van der Waals surface area contributed by atoms with E-state index in [1.165, 1.54) is 0 Å². The van der Waals surface area contributed by atoms with E-state index in [-0.39, 0.29) is 11.9 Å². The van der Waals surface area contributed by atoms with Crippen LogP contribution in [0.1, 0.15) is 11.9 Å². The number of carbonyl (C=O) groups excluding carboxylic acids is 1. The van der Waals surface area contributed by atoms with Gasteiger partial charge in [0.05, 0.1) is 26.8 Å². The molecule has 8 heteroatoms. The summed E-state index contributed by atoms with van der Waals surface area (Å²) in [4.78, 5) is 19.2. The Morgan fingerprint density at radius 1 is 1.31 bits per heavy atom. The number of nitrogens with zero attached hydrogens (tertiary/aromatic N) is 3. The number of nitrogens with one attached hydrogen (secondary N) is 2. The van der Waals surface area contributed by atoms with Gasteiger partial charge in [0.2, 0.25) is 5.91 Å². The van der Waals surface area contributed by atoms with Gasteiger partial charge in [0.1, 0.15) is 17.3 Å². The zero-order valence-corrected chi connectivity index (χ0v) is 15.4. The molecule has 1 unspecified atom stereocenters. The van der Waals surface area contributed by atoms with Crippen LogP contribution in [0, 0.1) is 0 Å². The Morgan fingerprint density at radius 2 is 2.04 bits per heavy atom. The molecule has 2 heterocycles. The predicted octanol–water partition coefficient (Wildman–Crippen LogP) is 1.02. The highest BCUT2D eigenvalue weighted by Crippen LogP contribution is 2.26. The number of hydrogen-bond donors (Lipinski definition) is 2. The first-order chi connectivity index (χ1) is 12.6. The summed E-state index contributed by atoms with van der Waals surface area (Å²) >= 11 is 0. The number of aromatic nitrogens is 2. The van der Waals surface area contributed by atoms with E-state index in [2.05, 4.69) is 20.5 Å². The van der Waals surface area contributed by atoms with Crippen LogP contribution in [0.15, 0.2) is 30.6 Å². The van der Waals surface area contributed by atoms with Crippen LogP contribution in [0.5, 0.6) is 11.5 Å². The highest BCUT2D eigenvalue weighted by Gasteiger charge is 2.28.